The number of nitrogens with zero attached hydrogens (tertiary/aromatic N) is 20. The van der Waals surface area contributed by atoms with Crippen LogP contribution >= 0.6 is 35.3 Å². The molecule has 9 aromatic heterocycles. The molecule has 0 saturated heterocycles. The fourth-order valence-corrected chi connectivity index (χ4v) is 22.3. The van der Waals surface area contributed by atoms with Gasteiger partial charge in [-0.1, -0.05) is 192 Å². The van der Waals surface area contributed by atoms with Crippen LogP contribution in [-0.4, -0.2) is 170 Å². The maximum atomic E-state index is 13.5. The first kappa shape index (κ1) is 106. The van der Waals surface area contributed by atoms with Crippen LogP contribution < -0.4 is 22.2 Å². The number of halogens is 5. The van der Waals surface area contributed by atoms with Crippen molar-refractivity contribution in [2.75, 3.05) is 38.3 Å². The second-order valence-electron chi connectivity index (χ2n) is 36.7. The van der Waals surface area contributed by atoms with E-state index < -0.39 is 31.3 Å². The van der Waals surface area contributed by atoms with Gasteiger partial charge in [0, 0.05) is 78.7 Å². The summed E-state index contributed by atoms with van der Waals surface area (Å²) in [5, 5.41) is 4.16. The molecule has 0 bridgehead atoms. The van der Waals surface area contributed by atoms with Gasteiger partial charge in [-0.05, 0) is 202 Å². The minimum absolute atomic E-state index is 0.0347. The third-order valence-corrected chi connectivity index (χ3v) is 30.5. The zero-order chi connectivity index (χ0) is 103. The number of amides is 2. The van der Waals surface area contributed by atoms with Crippen LogP contribution in [0.2, 0.25) is 0 Å². The number of thioether (sulfide) groups is 3. The predicted octanol–water partition coefficient (Wildman–Crippen LogP) is 19.8. The number of benzene rings is 5. The van der Waals surface area contributed by atoms with E-state index in [-0.39, 0.29) is 104 Å². The van der Waals surface area contributed by atoms with Crippen LogP contribution in [0.15, 0.2) is 228 Å². The highest BCUT2D eigenvalue weighted by molar-refractivity contribution is 7.98. The Balaban J connectivity index is 0.000000136. The molecule has 5 fully saturated rings. The number of carbonyl (C=O) groups excluding carboxylic acids is 2. The van der Waals surface area contributed by atoms with Crippen molar-refractivity contribution in [2.45, 2.75) is 223 Å². The summed E-state index contributed by atoms with van der Waals surface area (Å²) in [6.07, 6.45) is 41.6. The second kappa shape index (κ2) is 47.9. The highest BCUT2D eigenvalue weighted by Gasteiger charge is 2.37. The summed E-state index contributed by atoms with van der Waals surface area (Å²) in [5.74, 6) is -2.30. The molecule has 0 radical (unpaired) electrons. The van der Waals surface area contributed by atoms with Gasteiger partial charge in [-0.3, -0.25) is 47.5 Å². The molecule has 40 heteroatoms. The number of sulfone groups is 2. The Hall–Kier alpha value is -12.9. The van der Waals surface area contributed by atoms with E-state index in [0.29, 0.717) is 99.7 Å². The van der Waals surface area contributed by atoms with E-state index in [0.717, 1.165) is 172 Å². The molecule has 5 aliphatic carbocycles. The van der Waals surface area contributed by atoms with E-state index >= 15 is 0 Å². The topological polar surface area (TPSA) is 346 Å². The Morgan fingerprint density at radius 3 is 0.862 bits per heavy atom. The molecule has 2 amide bonds. The summed E-state index contributed by atoms with van der Waals surface area (Å²) in [6.45, 7) is 0. The first-order valence-corrected chi connectivity index (χ1v) is 56.0. The summed E-state index contributed by atoms with van der Waals surface area (Å²) < 4.78 is 130. The monoisotopic (exact) mass is 2070 g/mol. The molecule has 0 spiro atoms. The molecule has 0 N–H and O–H groups in total. The maximum absolute atomic E-state index is 13.5. The Kier molecular flexibility index (Phi) is 35.2. The molecule has 19 rings (SSSR count). The van der Waals surface area contributed by atoms with Crippen molar-refractivity contribution in [1.82, 2.24) is 97.3 Å². The molecule has 5 aliphatic rings. The van der Waals surface area contributed by atoms with Crippen LogP contribution in [0, 0.1) is 29.1 Å². The Morgan fingerprint density at radius 1 is 0.338 bits per heavy atom. The van der Waals surface area contributed by atoms with Gasteiger partial charge in [0.2, 0.25) is 35.9 Å². The fourth-order valence-electron chi connectivity index (χ4n) is 20.2. The Bertz CT molecular complexity index is 7070. The molecule has 145 heavy (non-hydrogen) atoms. The molecule has 0 aliphatic heterocycles. The maximum Gasteiger partial charge on any atom is 0.290 e. The SMILES string of the molecule is CSc1nccc(-c2c(-c3ccc(F)cc3)c(=O)n(C3CCCCC3)n2C)n1.CSc1nccc(-c2c(-c3ccc(F)cc3)c(=O)n(C3CCCCC3)n2C)n1.CSc1nccc(C(=O)N(C)N(C(=O)Cc2ccc(F)cc2)C2CCCCC2)n1.Cn1c(-c2ccnc(S(C)(=O)=O)n2)c(-c2ccc(F)cc2)c(=O)n1C1CCCCC1.Cn1c(-c2ccnc(S(C)(=O)=O)n2)c(-c2ccc(F)cc2)c(=O)n1C1CCCCC1. The summed E-state index contributed by atoms with van der Waals surface area (Å²) >= 11 is 4.27. The van der Waals surface area contributed by atoms with Gasteiger partial charge in [-0.25, -0.2) is 117 Å². The quantitative estimate of drug-likeness (QED) is 0.0279. The lowest BCUT2D eigenvalue weighted by atomic mass is 9.94. The first-order chi connectivity index (χ1) is 69.7. The van der Waals surface area contributed by atoms with Crippen LogP contribution in [0.4, 0.5) is 22.0 Å². The van der Waals surface area contributed by atoms with Gasteiger partial charge >= 0.3 is 0 Å². The smallest absolute Gasteiger partial charge is 0.283 e. The number of aromatic nitrogens is 18. The summed E-state index contributed by atoms with van der Waals surface area (Å²) in [4.78, 5) is 123. The first-order valence-electron chi connectivity index (χ1n) is 48.6. The number of hydrazine groups is 1. The van der Waals surface area contributed by atoms with Gasteiger partial charge in [-0.2, -0.15) is 0 Å². The van der Waals surface area contributed by atoms with E-state index in [4.69, 9.17) is 0 Å². The molecule has 9 heterocycles. The molecule has 762 valence electrons. The third kappa shape index (κ3) is 24.7. The van der Waals surface area contributed by atoms with Gasteiger partial charge in [0.15, 0.2) is 15.5 Å². The van der Waals surface area contributed by atoms with Crippen LogP contribution in [-0.2, 0) is 59.1 Å². The lowest BCUT2D eigenvalue weighted by Crippen LogP contribution is -2.54. The average Bonchev–Trinajstić information content (AvgIpc) is 1.64. The normalized spacial score (nSPS) is 15.1. The second-order valence-corrected chi connectivity index (χ2v) is 42.9. The van der Waals surface area contributed by atoms with Crippen molar-refractivity contribution in [3.63, 3.8) is 0 Å². The van der Waals surface area contributed by atoms with E-state index in [1.54, 1.807) is 142 Å². The third-order valence-electron chi connectivity index (χ3n) is 27.1. The summed E-state index contributed by atoms with van der Waals surface area (Å²) in [6, 6.07) is 38.4. The zero-order valence-electron chi connectivity index (χ0n) is 82.5. The van der Waals surface area contributed by atoms with Crippen LogP contribution in [0.3, 0.4) is 0 Å². The molecule has 30 nitrogen and oxygen atoms in total. The lowest BCUT2D eigenvalue weighted by molar-refractivity contribution is -0.148. The summed E-state index contributed by atoms with van der Waals surface area (Å²) in [5.41, 5.74) is 9.46. The minimum atomic E-state index is -3.62. The van der Waals surface area contributed by atoms with Crippen molar-refractivity contribution in [1.29, 1.82) is 0 Å². The number of carbonyl (C=O) groups is 2. The molecule has 5 saturated carbocycles. The van der Waals surface area contributed by atoms with E-state index in [1.165, 1.54) is 126 Å². The van der Waals surface area contributed by atoms with Crippen molar-refractivity contribution in [3.05, 3.63) is 264 Å². The number of rotatable bonds is 21. The van der Waals surface area contributed by atoms with Gasteiger partial charge in [0.1, 0.15) is 34.8 Å². The highest BCUT2D eigenvalue weighted by Crippen LogP contribution is 2.41. The molecule has 0 unspecified atom stereocenters. The van der Waals surface area contributed by atoms with E-state index in [9.17, 15) is 67.6 Å². The molecule has 5 aromatic carbocycles. The van der Waals surface area contributed by atoms with Crippen molar-refractivity contribution >= 4 is 66.8 Å². The summed E-state index contributed by atoms with van der Waals surface area (Å²) in [7, 11) is 1.76. The molecule has 0 atom stereocenters. The minimum Gasteiger partial charge on any atom is -0.283 e. The molecular weight excluding hydrogens is 1960 g/mol. The predicted molar refractivity (Wildman–Crippen MR) is 552 cm³/mol. The molecule has 14 aromatic rings. The zero-order valence-corrected chi connectivity index (χ0v) is 86.6. The van der Waals surface area contributed by atoms with Gasteiger partial charge in [-0.15, -0.1) is 0 Å². The van der Waals surface area contributed by atoms with Crippen molar-refractivity contribution < 1.29 is 48.4 Å². The Morgan fingerprint density at radius 2 is 0.586 bits per heavy atom. The lowest BCUT2D eigenvalue weighted by Gasteiger charge is -2.40. The number of hydrogen-bond donors (Lipinski definition) is 0. The highest BCUT2D eigenvalue weighted by atomic mass is 32.2. The van der Waals surface area contributed by atoms with Crippen molar-refractivity contribution in [2.24, 2.45) is 28.2 Å². The van der Waals surface area contributed by atoms with Gasteiger partial charge in [0.25, 0.3) is 28.1 Å². The average molecular weight is 2070 g/mol. The largest absolute Gasteiger partial charge is 0.290 e. The van der Waals surface area contributed by atoms with Gasteiger partial charge in [0.05, 0.1) is 104 Å². The van der Waals surface area contributed by atoms with Gasteiger partial charge < -0.3 is 0 Å². The van der Waals surface area contributed by atoms with Crippen molar-refractivity contribution in [3.8, 4) is 90.1 Å². The van der Waals surface area contributed by atoms with E-state index in [1.807, 2.05) is 63.7 Å². The Labute approximate surface area is 850 Å². The van der Waals surface area contributed by atoms with E-state index in [2.05, 4.69) is 49.8 Å². The van der Waals surface area contributed by atoms with Crippen LogP contribution in [0.5, 0.6) is 0 Å². The van der Waals surface area contributed by atoms with Crippen LogP contribution in [0.25, 0.3) is 90.1 Å². The standard InChI is InChI=1S/2C21H23FN4O3S.C21H25FN4O2S.2C21H23FN4OS/c2*1-25-19(17-12-13-23-21(24-17)30(2,28)29)18(14-8-10-15(22)11-9-14)20(27)26(25)16-6-4-3-5-7-16;1-25(20(28)18-12-13-23-21(24-18)29-2)26(17-6-4-3-5-7-17)19(27)14-15-8-10-16(22)11-9-15;2*1-25-19(17-12-13-23-21(24-17)28-2)18(14-8-10-15(22)11-9-14)20(27)26(25)16-6-4-3-5-7-16/h2*8-13,16H,3-7H2,1-2H3;8-13,17H,3-7,14H2,1-2H3;2*8-13,16H,3-7H2,1-2H3. The van der Waals surface area contributed by atoms with Crippen LogP contribution in [0.1, 0.15) is 201 Å². The fraction of sp³-hybridized carbons (Fsp3) is 0.390. The number of hydrogen-bond acceptors (Lipinski definition) is 23. The molecular formula is C105H117F5N20O10S5.